The first-order valence-corrected chi connectivity index (χ1v) is 10.7. The van der Waals surface area contributed by atoms with Crippen LogP contribution in [0, 0.1) is 13.8 Å². The largest absolute Gasteiger partial charge is 0.369 e. The number of hydrogen-bond donors (Lipinski definition) is 1. The summed E-state index contributed by atoms with van der Waals surface area (Å²) in [5.41, 5.74) is 4.69. The number of nitrogens with zero attached hydrogens (tertiary/aromatic N) is 4. The Balaban J connectivity index is 1.79. The van der Waals surface area contributed by atoms with Gasteiger partial charge in [-0.25, -0.2) is 4.98 Å². The Kier molecular flexibility index (Phi) is 6.83. The van der Waals surface area contributed by atoms with Crippen LogP contribution in [0.4, 0.5) is 17.2 Å². The molecule has 0 saturated carbocycles. The highest BCUT2D eigenvalue weighted by molar-refractivity contribution is 5.95. The zero-order chi connectivity index (χ0) is 22.7. The van der Waals surface area contributed by atoms with Crippen molar-refractivity contribution in [2.24, 2.45) is 0 Å². The Morgan fingerprint density at radius 1 is 1.13 bits per heavy atom. The summed E-state index contributed by atoms with van der Waals surface area (Å²) in [4.78, 5) is 34.4. The number of likely N-dealkylation sites (tertiary alicyclic amines) is 1. The van der Waals surface area contributed by atoms with Gasteiger partial charge in [-0.2, -0.15) is 0 Å². The topological polar surface area (TPSA) is 68.8 Å². The van der Waals surface area contributed by atoms with Crippen molar-refractivity contribution in [3.05, 3.63) is 47.2 Å². The van der Waals surface area contributed by atoms with Crippen molar-refractivity contribution in [1.29, 1.82) is 0 Å². The van der Waals surface area contributed by atoms with E-state index in [0.717, 1.165) is 54.3 Å². The molecule has 1 aliphatic heterocycles. The third-order valence-corrected chi connectivity index (χ3v) is 5.98. The second-order valence-electron chi connectivity index (χ2n) is 8.58. The smallest absolute Gasteiger partial charge is 0.253 e. The average Bonchev–Trinajstić information content (AvgIpc) is 2.74. The Morgan fingerprint density at radius 3 is 2.52 bits per heavy atom. The van der Waals surface area contributed by atoms with E-state index in [2.05, 4.69) is 35.2 Å². The van der Waals surface area contributed by atoms with Gasteiger partial charge in [0.2, 0.25) is 5.91 Å². The van der Waals surface area contributed by atoms with Crippen molar-refractivity contribution in [3.63, 3.8) is 0 Å². The van der Waals surface area contributed by atoms with Crippen LogP contribution in [-0.2, 0) is 4.79 Å². The number of hydrogen-bond acceptors (Lipinski definition) is 5. The van der Waals surface area contributed by atoms with Gasteiger partial charge in [0.1, 0.15) is 5.82 Å². The number of aryl methyl sites for hydroxylation is 2. The van der Waals surface area contributed by atoms with Gasteiger partial charge in [-0.1, -0.05) is 0 Å². The predicted octanol–water partition coefficient (Wildman–Crippen LogP) is 3.59. The van der Waals surface area contributed by atoms with E-state index in [9.17, 15) is 9.59 Å². The molecule has 0 radical (unpaired) electrons. The SMILES string of the molecule is CC(=O)N1CCC[C@@H](N(C)c2cc(Nc3ccc(C(=O)N(C)C)c(C)c3)ncc2C)C1. The second-order valence-corrected chi connectivity index (χ2v) is 8.58. The lowest BCUT2D eigenvalue weighted by Crippen LogP contribution is -2.48. The third-order valence-electron chi connectivity index (χ3n) is 5.98. The third kappa shape index (κ3) is 5.16. The van der Waals surface area contributed by atoms with Crippen LogP contribution in [0.5, 0.6) is 0 Å². The van der Waals surface area contributed by atoms with Gasteiger partial charge in [-0.3, -0.25) is 9.59 Å². The number of carbonyl (C=O) groups is 2. The molecule has 1 aliphatic rings. The van der Waals surface area contributed by atoms with E-state index in [1.54, 1.807) is 25.9 Å². The van der Waals surface area contributed by atoms with Crippen LogP contribution >= 0.6 is 0 Å². The molecule has 2 heterocycles. The van der Waals surface area contributed by atoms with Crippen LogP contribution in [0.2, 0.25) is 0 Å². The number of nitrogens with one attached hydrogen (secondary N) is 1. The van der Waals surface area contributed by atoms with Crippen molar-refractivity contribution >= 4 is 29.0 Å². The fraction of sp³-hybridized carbons (Fsp3) is 0.458. The molecule has 1 saturated heterocycles. The molecule has 1 N–H and O–H groups in total. The van der Waals surface area contributed by atoms with Crippen LogP contribution in [0.15, 0.2) is 30.5 Å². The number of pyridine rings is 1. The number of carbonyl (C=O) groups excluding carboxylic acids is 2. The van der Waals surface area contributed by atoms with Gasteiger partial charge in [0.15, 0.2) is 0 Å². The van der Waals surface area contributed by atoms with E-state index >= 15 is 0 Å². The number of amides is 2. The maximum Gasteiger partial charge on any atom is 0.253 e. The number of anilines is 3. The predicted molar refractivity (Wildman–Crippen MR) is 125 cm³/mol. The van der Waals surface area contributed by atoms with Gasteiger partial charge in [-0.05, 0) is 56.0 Å². The van der Waals surface area contributed by atoms with Gasteiger partial charge in [0, 0.05) is 76.4 Å². The molecule has 0 spiro atoms. The molecule has 0 aliphatic carbocycles. The highest BCUT2D eigenvalue weighted by Gasteiger charge is 2.25. The standard InChI is InChI=1S/C24H33N5O2/c1-16-12-19(9-10-21(16)24(31)27(4)5)26-23-13-22(17(2)14-25-23)28(6)20-8-7-11-29(15-20)18(3)30/h9-10,12-14,20H,7-8,11,15H2,1-6H3,(H,25,26)/t20-/m1/s1. The zero-order valence-corrected chi connectivity index (χ0v) is 19.4. The highest BCUT2D eigenvalue weighted by atomic mass is 16.2. The number of likely N-dealkylation sites (N-methyl/N-ethyl adjacent to an activating group) is 1. The Hall–Kier alpha value is -3.09. The molecule has 2 amide bonds. The van der Waals surface area contributed by atoms with E-state index < -0.39 is 0 Å². The van der Waals surface area contributed by atoms with Crippen molar-refractivity contribution < 1.29 is 9.59 Å². The molecule has 31 heavy (non-hydrogen) atoms. The van der Waals surface area contributed by atoms with Crippen molar-refractivity contribution in [3.8, 4) is 0 Å². The summed E-state index contributed by atoms with van der Waals surface area (Å²) in [5, 5.41) is 3.37. The molecule has 7 nitrogen and oxygen atoms in total. The minimum Gasteiger partial charge on any atom is -0.369 e. The molecule has 7 heteroatoms. The first-order chi connectivity index (χ1) is 14.7. The first-order valence-electron chi connectivity index (χ1n) is 10.7. The zero-order valence-electron chi connectivity index (χ0n) is 19.4. The van der Waals surface area contributed by atoms with Crippen LogP contribution < -0.4 is 10.2 Å². The van der Waals surface area contributed by atoms with Gasteiger partial charge in [0.05, 0.1) is 0 Å². The number of benzene rings is 1. The summed E-state index contributed by atoms with van der Waals surface area (Å²) in [6, 6.07) is 8.05. The van der Waals surface area contributed by atoms with Gasteiger partial charge in [0.25, 0.3) is 5.91 Å². The van der Waals surface area contributed by atoms with Gasteiger partial charge in [-0.15, -0.1) is 0 Å². The van der Waals surface area contributed by atoms with Gasteiger partial charge >= 0.3 is 0 Å². The number of rotatable bonds is 5. The minimum absolute atomic E-state index is 0.00601. The molecule has 3 rings (SSSR count). The molecular weight excluding hydrogens is 390 g/mol. The first kappa shape index (κ1) is 22.6. The molecule has 1 aromatic carbocycles. The summed E-state index contributed by atoms with van der Waals surface area (Å²) in [6.07, 6.45) is 3.95. The summed E-state index contributed by atoms with van der Waals surface area (Å²) in [5.74, 6) is 0.879. The summed E-state index contributed by atoms with van der Waals surface area (Å²) in [7, 11) is 5.60. The molecule has 1 aromatic heterocycles. The monoisotopic (exact) mass is 423 g/mol. The van der Waals surface area contributed by atoms with Crippen molar-refractivity contribution in [2.75, 3.05) is 44.4 Å². The Labute approximate surface area is 185 Å². The summed E-state index contributed by atoms with van der Waals surface area (Å²) < 4.78 is 0. The molecule has 0 bridgehead atoms. The molecule has 1 atom stereocenters. The Morgan fingerprint density at radius 2 is 1.87 bits per heavy atom. The molecule has 2 aromatic rings. The minimum atomic E-state index is -0.00601. The molecule has 0 unspecified atom stereocenters. The maximum atomic E-state index is 12.3. The second kappa shape index (κ2) is 9.37. The lowest BCUT2D eigenvalue weighted by atomic mass is 10.0. The van der Waals surface area contributed by atoms with Crippen molar-refractivity contribution in [1.82, 2.24) is 14.8 Å². The van der Waals surface area contributed by atoms with E-state index in [0.29, 0.717) is 5.56 Å². The van der Waals surface area contributed by atoms with Crippen LogP contribution in [0.3, 0.4) is 0 Å². The highest BCUT2D eigenvalue weighted by Crippen LogP contribution is 2.28. The van der Waals surface area contributed by atoms with Crippen molar-refractivity contribution in [2.45, 2.75) is 39.7 Å². The molecular formula is C24H33N5O2. The normalized spacial score (nSPS) is 16.1. The maximum absolute atomic E-state index is 12.3. The van der Waals surface area contributed by atoms with Crippen LogP contribution in [-0.4, -0.2) is 66.9 Å². The van der Waals surface area contributed by atoms with E-state index in [-0.39, 0.29) is 17.9 Å². The summed E-state index contributed by atoms with van der Waals surface area (Å²) in [6.45, 7) is 7.22. The number of piperidine rings is 1. The quantitative estimate of drug-likeness (QED) is 0.796. The lowest BCUT2D eigenvalue weighted by molar-refractivity contribution is -0.129. The molecule has 1 fully saturated rings. The fourth-order valence-electron chi connectivity index (χ4n) is 4.09. The summed E-state index contributed by atoms with van der Waals surface area (Å²) >= 11 is 0. The van der Waals surface area contributed by atoms with E-state index in [1.807, 2.05) is 36.2 Å². The van der Waals surface area contributed by atoms with E-state index in [4.69, 9.17) is 0 Å². The van der Waals surface area contributed by atoms with Gasteiger partial charge < -0.3 is 20.0 Å². The molecule has 166 valence electrons. The lowest BCUT2D eigenvalue weighted by Gasteiger charge is -2.39. The average molecular weight is 424 g/mol. The number of aromatic nitrogens is 1. The van der Waals surface area contributed by atoms with Crippen LogP contribution in [0.1, 0.15) is 41.3 Å². The van der Waals surface area contributed by atoms with E-state index in [1.165, 1.54) is 0 Å². The Bertz CT molecular complexity index is 972. The fourth-order valence-corrected chi connectivity index (χ4v) is 4.09. The van der Waals surface area contributed by atoms with Crippen LogP contribution in [0.25, 0.3) is 0 Å².